The highest BCUT2D eigenvalue weighted by molar-refractivity contribution is 5.81. The van der Waals surface area contributed by atoms with Gasteiger partial charge < -0.3 is 19.7 Å². The van der Waals surface area contributed by atoms with Gasteiger partial charge in [-0.15, -0.1) is 0 Å². The number of carbonyl (C=O) groups excluding carboxylic acids is 1. The lowest BCUT2D eigenvalue weighted by molar-refractivity contribution is -0.128. The lowest BCUT2D eigenvalue weighted by atomic mass is 10.2. The van der Waals surface area contributed by atoms with E-state index in [0.717, 1.165) is 17.0 Å². The summed E-state index contributed by atoms with van der Waals surface area (Å²) in [5.41, 5.74) is 1.92. The molecule has 5 nitrogen and oxygen atoms in total. The van der Waals surface area contributed by atoms with Crippen LogP contribution in [-0.4, -0.2) is 44.2 Å². The smallest absolute Gasteiger partial charge is 0.241 e. The Bertz CT molecular complexity index is 646. The first kappa shape index (κ1) is 18.8. The van der Waals surface area contributed by atoms with Gasteiger partial charge in [0.2, 0.25) is 5.91 Å². The third kappa shape index (κ3) is 6.47. The molecule has 0 aliphatic carbocycles. The van der Waals surface area contributed by atoms with E-state index in [2.05, 4.69) is 5.32 Å². The van der Waals surface area contributed by atoms with Gasteiger partial charge in [0.1, 0.15) is 12.4 Å². The summed E-state index contributed by atoms with van der Waals surface area (Å²) < 4.78 is 11.0. The number of benzene rings is 2. The maximum Gasteiger partial charge on any atom is 0.241 e. The molecule has 0 unspecified atom stereocenters. The molecule has 2 rings (SSSR count). The van der Waals surface area contributed by atoms with Crippen LogP contribution < -0.4 is 10.1 Å². The monoisotopic (exact) mass is 342 g/mol. The Labute approximate surface area is 149 Å². The van der Waals surface area contributed by atoms with Crippen molar-refractivity contribution in [3.05, 3.63) is 60.2 Å². The molecule has 0 bridgehead atoms. The van der Waals surface area contributed by atoms with Crippen LogP contribution in [0.3, 0.4) is 0 Å². The van der Waals surface area contributed by atoms with Crippen molar-refractivity contribution < 1.29 is 14.3 Å². The molecule has 25 heavy (non-hydrogen) atoms. The fourth-order valence-corrected chi connectivity index (χ4v) is 2.34. The van der Waals surface area contributed by atoms with Crippen LogP contribution in [0.15, 0.2) is 54.6 Å². The predicted octanol–water partition coefficient (Wildman–Crippen LogP) is 3.17. The number of likely N-dealkylation sites (N-methyl/N-ethyl adjacent to an activating group) is 1. The van der Waals surface area contributed by atoms with Crippen molar-refractivity contribution >= 4 is 11.6 Å². The van der Waals surface area contributed by atoms with Gasteiger partial charge in [0.25, 0.3) is 0 Å². The molecule has 0 saturated heterocycles. The van der Waals surface area contributed by atoms with Crippen molar-refractivity contribution in [3.8, 4) is 5.75 Å². The fourth-order valence-electron chi connectivity index (χ4n) is 2.34. The number of nitrogens with one attached hydrogen (secondary N) is 1. The Balaban J connectivity index is 1.84. The first-order valence-electron chi connectivity index (χ1n) is 8.52. The molecule has 1 N–H and O–H groups in total. The zero-order chi connectivity index (χ0) is 17.9. The standard InChI is InChI=1S/C20H26N2O3/c1-3-24-13-14-25-19-12-8-7-11-18(19)21-15-20(23)22(2)16-17-9-5-4-6-10-17/h4-12,21H,3,13-16H2,1-2H3. The van der Waals surface area contributed by atoms with Crippen LogP contribution >= 0.6 is 0 Å². The summed E-state index contributed by atoms with van der Waals surface area (Å²) in [6.45, 7) is 4.46. The number of para-hydroxylation sites is 2. The number of ether oxygens (including phenoxy) is 2. The van der Waals surface area contributed by atoms with Crippen molar-refractivity contribution in [2.75, 3.05) is 38.7 Å². The summed E-state index contributed by atoms with van der Waals surface area (Å²) in [7, 11) is 1.81. The van der Waals surface area contributed by atoms with E-state index in [0.29, 0.717) is 26.4 Å². The third-order valence-electron chi connectivity index (χ3n) is 3.69. The molecular weight excluding hydrogens is 316 g/mol. The SMILES string of the molecule is CCOCCOc1ccccc1NCC(=O)N(C)Cc1ccccc1. The lowest BCUT2D eigenvalue weighted by Crippen LogP contribution is -2.31. The lowest BCUT2D eigenvalue weighted by Gasteiger charge is -2.19. The molecule has 1 amide bonds. The average Bonchev–Trinajstić information content (AvgIpc) is 2.65. The van der Waals surface area contributed by atoms with Crippen molar-refractivity contribution in [1.29, 1.82) is 0 Å². The summed E-state index contributed by atoms with van der Waals surface area (Å²) in [5, 5.41) is 3.16. The van der Waals surface area contributed by atoms with Crippen molar-refractivity contribution in [1.82, 2.24) is 4.90 Å². The highest BCUT2D eigenvalue weighted by Crippen LogP contribution is 2.23. The molecule has 0 heterocycles. The van der Waals surface area contributed by atoms with Crippen LogP contribution in [0.1, 0.15) is 12.5 Å². The van der Waals surface area contributed by atoms with Crippen LogP contribution in [0, 0.1) is 0 Å². The van der Waals surface area contributed by atoms with E-state index < -0.39 is 0 Å². The molecule has 0 aromatic heterocycles. The van der Waals surface area contributed by atoms with E-state index in [4.69, 9.17) is 9.47 Å². The molecule has 0 aliphatic rings. The largest absolute Gasteiger partial charge is 0.489 e. The molecular formula is C20H26N2O3. The van der Waals surface area contributed by atoms with Crippen LogP contribution in [0.4, 0.5) is 5.69 Å². The number of anilines is 1. The minimum Gasteiger partial charge on any atom is -0.489 e. The van der Waals surface area contributed by atoms with Gasteiger partial charge in [0.15, 0.2) is 0 Å². The molecule has 0 spiro atoms. The first-order chi connectivity index (χ1) is 12.2. The molecule has 0 aliphatic heterocycles. The summed E-state index contributed by atoms with van der Waals surface area (Å²) in [6.07, 6.45) is 0. The average molecular weight is 342 g/mol. The number of carbonyl (C=O) groups is 1. The normalized spacial score (nSPS) is 10.3. The Hall–Kier alpha value is -2.53. The van der Waals surface area contributed by atoms with E-state index in [-0.39, 0.29) is 12.5 Å². The second-order valence-electron chi connectivity index (χ2n) is 5.63. The zero-order valence-electron chi connectivity index (χ0n) is 14.9. The predicted molar refractivity (Wildman–Crippen MR) is 99.8 cm³/mol. The van der Waals surface area contributed by atoms with Gasteiger partial charge in [-0.05, 0) is 24.6 Å². The van der Waals surface area contributed by atoms with E-state index >= 15 is 0 Å². The molecule has 134 valence electrons. The molecule has 0 saturated carbocycles. The summed E-state index contributed by atoms with van der Waals surface area (Å²) >= 11 is 0. The van der Waals surface area contributed by atoms with Gasteiger partial charge in [-0.25, -0.2) is 0 Å². The topological polar surface area (TPSA) is 50.8 Å². The summed E-state index contributed by atoms with van der Waals surface area (Å²) in [5.74, 6) is 0.744. The van der Waals surface area contributed by atoms with Crippen LogP contribution in [-0.2, 0) is 16.1 Å². The molecule has 0 fully saturated rings. The summed E-state index contributed by atoms with van der Waals surface area (Å²) in [6, 6.07) is 17.5. The van der Waals surface area contributed by atoms with Gasteiger partial charge >= 0.3 is 0 Å². The summed E-state index contributed by atoms with van der Waals surface area (Å²) in [4.78, 5) is 14.0. The van der Waals surface area contributed by atoms with E-state index in [1.807, 2.05) is 68.6 Å². The minimum absolute atomic E-state index is 0.0213. The fraction of sp³-hybridized carbons (Fsp3) is 0.350. The van der Waals surface area contributed by atoms with Gasteiger partial charge in [0, 0.05) is 20.2 Å². The second kappa shape index (κ2) is 10.4. The van der Waals surface area contributed by atoms with E-state index in [9.17, 15) is 4.79 Å². The molecule has 5 heteroatoms. The Morgan fingerprint density at radius 2 is 1.76 bits per heavy atom. The highest BCUT2D eigenvalue weighted by Gasteiger charge is 2.10. The van der Waals surface area contributed by atoms with Crippen LogP contribution in [0.2, 0.25) is 0 Å². The van der Waals surface area contributed by atoms with Crippen molar-refractivity contribution in [2.45, 2.75) is 13.5 Å². The number of amides is 1. The maximum absolute atomic E-state index is 12.3. The van der Waals surface area contributed by atoms with E-state index in [1.165, 1.54) is 0 Å². The Kier molecular flexibility index (Phi) is 7.79. The van der Waals surface area contributed by atoms with Gasteiger partial charge in [0.05, 0.1) is 18.8 Å². The van der Waals surface area contributed by atoms with Crippen molar-refractivity contribution in [2.24, 2.45) is 0 Å². The number of hydrogen-bond donors (Lipinski definition) is 1. The second-order valence-corrected chi connectivity index (χ2v) is 5.63. The van der Waals surface area contributed by atoms with Gasteiger partial charge in [-0.1, -0.05) is 42.5 Å². The third-order valence-corrected chi connectivity index (χ3v) is 3.69. The van der Waals surface area contributed by atoms with Gasteiger partial charge in [-0.2, -0.15) is 0 Å². The number of nitrogens with zero attached hydrogens (tertiary/aromatic N) is 1. The molecule has 0 radical (unpaired) electrons. The molecule has 2 aromatic rings. The Morgan fingerprint density at radius 1 is 1.04 bits per heavy atom. The van der Waals surface area contributed by atoms with E-state index in [1.54, 1.807) is 4.90 Å². The first-order valence-corrected chi connectivity index (χ1v) is 8.52. The number of rotatable bonds is 10. The quantitative estimate of drug-likeness (QED) is 0.674. The molecule has 0 atom stereocenters. The number of hydrogen-bond acceptors (Lipinski definition) is 4. The highest BCUT2D eigenvalue weighted by atomic mass is 16.5. The molecule has 2 aromatic carbocycles. The van der Waals surface area contributed by atoms with Crippen LogP contribution in [0.5, 0.6) is 5.75 Å². The van der Waals surface area contributed by atoms with Crippen LogP contribution in [0.25, 0.3) is 0 Å². The maximum atomic E-state index is 12.3. The zero-order valence-corrected chi connectivity index (χ0v) is 14.9. The minimum atomic E-state index is 0.0213. The Morgan fingerprint density at radius 3 is 2.52 bits per heavy atom. The van der Waals surface area contributed by atoms with Gasteiger partial charge in [-0.3, -0.25) is 4.79 Å². The van der Waals surface area contributed by atoms with Crippen molar-refractivity contribution in [3.63, 3.8) is 0 Å².